The molecular weight excluding hydrogens is 502 g/mol. The molecule has 38 heavy (non-hydrogen) atoms. The molecule has 11 heteroatoms. The van der Waals surface area contributed by atoms with Crippen molar-refractivity contribution in [2.45, 2.75) is 19.2 Å². The first-order valence-corrected chi connectivity index (χ1v) is 11.8. The number of hydrogen-bond acceptors (Lipinski definition) is 5. The lowest BCUT2D eigenvalue weighted by Gasteiger charge is -2.21. The van der Waals surface area contributed by atoms with Crippen LogP contribution in [-0.4, -0.2) is 44.4 Å². The number of carbonyl (C=O) groups excluding carboxylic acids is 1. The molecule has 7 nitrogen and oxygen atoms in total. The van der Waals surface area contributed by atoms with Crippen LogP contribution in [0.1, 0.15) is 27.2 Å². The number of aromatic nitrogens is 3. The van der Waals surface area contributed by atoms with Crippen LogP contribution in [0.2, 0.25) is 0 Å². The van der Waals surface area contributed by atoms with Crippen LogP contribution < -0.4 is 4.74 Å². The van der Waals surface area contributed by atoms with E-state index in [0.717, 1.165) is 6.07 Å². The summed E-state index contributed by atoms with van der Waals surface area (Å²) in [5, 5.41) is 9.42. The molecule has 2 fully saturated rings. The summed E-state index contributed by atoms with van der Waals surface area (Å²) in [5.41, 5.74) is 0.588. The van der Waals surface area contributed by atoms with Crippen LogP contribution >= 0.6 is 0 Å². The zero-order valence-corrected chi connectivity index (χ0v) is 19.9. The lowest BCUT2D eigenvalue weighted by atomic mass is 10.1. The predicted octanol–water partition coefficient (Wildman–Crippen LogP) is 4.88. The Morgan fingerprint density at radius 2 is 1.79 bits per heavy atom. The fourth-order valence-electron chi connectivity index (χ4n) is 5.08. The van der Waals surface area contributed by atoms with Crippen LogP contribution in [0.3, 0.4) is 0 Å². The van der Waals surface area contributed by atoms with Gasteiger partial charge >= 0.3 is 6.18 Å². The molecule has 1 aromatic carbocycles. The first-order chi connectivity index (χ1) is 18.1. The van der Waals surface area contributed by atoms with Crippen molar-refractivity contribution in [3.8, 4) is 23.2 Å². The molecule has 1 aliphatic carbocycles. The summed E-state index contributed by atoms with van der Waals surface area (Å²) in [6.07, 6.45) is -2.06. The number of nitriles is 1. The number of hydrogen-bond donors (Lipinski definition) is 0. The van der Waals surface area contributed by atoms with Crippen LogP contribution in [0.15, 0.2) is 54.9 Å². The van der Waals surface area contributed by atoms with Gasteiger partial charge in [0.15, 0.2) is 0 Å². The first-order valence-electron chi connectivity index (χ1n) is 11.8. The van der Waals surface area contributed by atoms with Crippen LogP contribution in [0.5, 0.6) is 5.88 Å². The predicted molar refractivity (Wildman–Crippen MR) is 127 cm³/mol. The summed E-state index contributed by atoms with van der Waals surface area (Å²) in [4.78, 5) is 23.1. The summed E-state index contributed by atoms with van der Waals surface area (Å²) in [5.74, 6) is -0.625. The molecule has 3 aromatic heterocycles. The Balaban J connectivity index is 1.17. The number of nitrogens with zero attached hydrogens (tertiary/aromatic N) is 5. The monoisotopic (exact) mass is 521 g/mol. The maximum Gasteiger partial charge on any atom is 0.420 e. The van der Waals surface area contributed by atoms with Gasteiger partial charge < -0.3 is 14.0 Å². The van der Waals surface area contributed by atoms with Crippen molar-refractivity contribution in [3.05, 3.63) is 83.1 Å². The Kier molecular flexibility index (Phi) is 5.38. The summed E-state index contributed by atoms with van der Waals surface area (Å²) in [6.45, 7) is 2.26. The molecule has 0 spiro atoms. The van der Waals surface area contributed by atoms with Gasteiger partial charge in [0.25, 0.3) is 5.91 Å². The minimum atomic E-state index is -4.65. The quantitative estimate of drug-likeness (QED) is 0.358. The van der Waals surface area contributed by atoms with Gasteiger partial charge in [-0.15, -0.1) is 0 Å². The van der Waals surface area contributed by atoms with Gasteiger partial charge in [-0.2, -0.15) is 18.4 Å². The molecule has 192 valence electrons. The standard InChI is InChI=1S/C27H19F4N5O2/c1-14-10-35-11-17(8-21(25(35)33-14)27(29,30)31)26(37)36-12-19-20(13-36)24(19)38-23-7-15(9-32)6-22(34-23)16-2-4-18(28)5-3-16/h2-8,10-11,19-20,24H,12-13H2,1H3/t19-,20+,24?. The maximum atomic E-state index is 13.6. The molecule has 4 heterocycles. The third-order valence-corrected chi connectivity index (χ3v) is 6.95. The number of alkyl halides is 3. The highest BCUT2D eigenvalue weighted by Crippen LogP contribution is 2.48. The van der Waals surface area contributed by atoms with Crippen molar-refractivity contribution in [2.75, 3.05) is 13.1 Å². The number of ether oxygens (including phenoxy) is 1. The minimum Gasteiger partial charge on any atom is -0.474 e. The SMILES string of the molecule is Cc1cn2cc(C(=O)N3C[C@@H]4C(Oc5cc(C#N)cc(-c6ccc(F)cc6)n5)[C@@H]4C3)cc(C(F)(F)F)c2n1. The molecule has 0 bridgehead atoms. The van der Waals surface area contributed by atoms with Gasteiger partial charge in [0, 0.05) is 48.9 Å². The normalized spacial score (nSPS) is 20.3. The van der Waals surface area contributed by atoms with E-state index < -0.39 is 17.6 Å². The van der Waals surface area contributed by atoms with Gasteiger partial charge in [0.1, 0.15) is 17.6 Å². The highest BCUT2D eigenvalue weighted by atomic mass is 19.4. The Bertz CT molecular complexity index is 1610. The number of benzene rings is 1. The second-order valence-electron chi connectivity index (χ2n) is 9.57. The third kappa shape index (κ3) is 4.22. The van der Waals surface area contributed by atoms with Gasteiger partial charge in [-0.1, -0.05) is 0 Å². The van der Waals surface area contributed by atoms with Crippen LogP contribution in [-0.2, 0) is 6.18 Å². The Morgan fingerprint density at radius 1 is 1.08 bits per heavy atom. The Labute approximate surface area is 213 Å². The zero-order valence-electron chi connectivity index (χ0n) is 19.9. The van der Waals surface area contributed by atoms with Gasteiger partial charge in [0.2, 0.25) is 5.88 Å². The summed E-state index contributed by atoms with van der Waals surface area (Å²) in [7, 11) is 0. The number of aryl methyl sites for hydroxylation is 1. The van der Waals surface area contributed by atoms with Crippen LogP contribution in [0.25, 0.3) is 16.9 Å². The Morgan fingerprint density at radius 3 is 2.45 bits per heavy atom. The molecule has 6 rings (SSSR count). The number of imidazole rings is 1. The van der Waals surface area contributed by atoms with Crippen molar-refractivity contribution in [3.63, 3.8) is 0 Å². The number of carbonyl (C=O) groups is 1. The number of halogens is 4. The molecule has 1 unspecified atom stereocenters. The molecule has 1 aliphatic heterocycles. The van der Waals surface area contributed by atoms with Crippen molar-refractivity contribution >= 4 is 11.6 Å². The second-order valence-corrected chi connectivity index (χ2v) is 9.57. The molecule has 0 N–H and O–H groups in total. The second kappa shape index (κ2) is 8.55. The molecule has 3 atom stereocenters. The topological polar surface area (TPSA) is 83.5 Å². The highest BCUT2D eigenvalue weighted by Gasteiger charge is 2.59. The number of pyridine rings is 2. The van der Waals surface area contributed by atoms with E-state index in [1.807, 2.05) is 0 Å². The lowest BCUT2D eigenvalue weighted by molar-refractivity contribution is -0.136. The minimum absolute atomic E-state index is 0.00192. The van der Waals surface area contributed by atoms with Crippen LogP contribution in [0, 0.1) is 35.9 Å². The third-order valence-electron chi connectivity index (χ3n) is 6.95. The lowest BCUT2D eigenvalue weighted by Crippen LogP contribution is -2.33. The van der Waals surface area contributed by atoms with Crippen molar-refractivity contribution in [2.24, 2.45) is 11.8 Å². The van der Waals surface area contributed by atoms with Gasteiger partial charge in [0.05, 0.1) is 34.1 Å². The van der Waals surface area contributed by atoms with Gasteiger partial charge in [-0.05, 0) is 43.3 Å². The maximum absolute atomic E-state index is 13.6. The van der Waals surface area contributed by atoms with E-state index in [1.54, 1.807) is 25.1 Å². The number of piperidine rings is 1. The summed E-state index contributed by atoms with van der Waals surface area (Å²) in [6, 6.07) is 11.8. The summed E-state index contributed by atoms with van der Waals surface area (Å²) < 4.78 is 61.5. The molecule has 1 saturated carbocycles. The first kappa shape index (κ1) is 23.9. The van der Waals surface area contributed by atoms with Crippen molar-refractivity contribution < 1.29 is 27.1 Å². The van der Waals surface area contributed by atoms with Gasteiger partial charge in [-0.3, -0.25) is 4.79 Å². The van der Waals surface area contributed by atoms with Crippen molar-refractivity contribution in [1.82, 2.24) is 19.3 Å². The fraction of sp³-hybridized carbons (Fsp3) is 0.259. The molecule has 1 saturated heterocycles. The number of rotatable bonds is 4. The molecule has 2 aliphatic rings. The van der Waals surface area contributed by atoms with E-state index in [9.17, 15) is 27.6 Å². The average Bonchev–Trinajstić information content (AvgIpc) is 3.20. The van der Waals surface area contributed by atoms with E-state index in [-0.39, 0.29) is 40.8 Å². The molecular formula is C27H19F4N5O2. The smallest absolute Gasteiger partial charge is 0.420 e. The number of likely N-dealkylation sites (tertiary alicyclic amines) is 1. The average molecular weight is 521 g/mol. The van der Waals surface area contributed by atoms with E-state index >= 15 is 0 Å². The number of fused-ring (bicyclic) bond motifs is 2. The van der Waals surface area contributed by atoms with Crippen LogP contribution in [0.4, 0.5) is 17.6 Å². The zero-order chi connectivity index (χ0) is 26.8. The van der Waals surface area contributed by atoms with E-state index in [4.69, 9.17) is 4.74 Å². The summed E-state index contributed by atoms with van der Waals surface area (Å²) >= 11 is 0. The van der Waals surface area contributed by atoms with E-state index in [2.05, 4.69) is 16.0 Å². The molecule has 1 amide bonds. The Hall–Kier alpha value is -4.46. The molecule has 4 aromatic rings. The molecule has 0 radical (unpaired) electrons. The van der Waals surface area contributed by atoms with Crippen molar-refractivity contribution in [1.29, 1.82) is 5.26 Å². The van der Waals surface area contributed by atoms with Gasteiger partial charge in [-0.25, -0.2) is 14.4 Å². The van der Waals surface area contributed by atoms with E-state index in [1.165, 1.54) is 39.9 Å². The van der Waals surface area contributed by atoms with E-state index in [0.29, 0.717) is 35.6 Å². The highest BCUT2D eigenvalue weighted by molar-refractivity contribution is 5.95. The largest absolute Gasteiger partial charge is 0.474 e. The number of amides is 1. The fourth-order valence-corrected chi connectivity index (χ4v) is 5.08.